The third-order valence-corrected chi connectivity index (χ3v) is 4.00. The number of para-hydroxylation sites is 1. The predicted octanol–water partition coefficient (Wildman–Crippen LogP) is 3.87. The van der Waals surface area contributed by atoms with E-state index in [0.717, 1.165) is 49.7 Å². The first-order chi connectivity index (χ1) is 10.3. The Morgan fingerprint density at radius 3 is 2.86 bits per heavy atom. The molecular weight excluding hydrogens is 262 g/mol. The van der Waals surface area contributed by atoms with Gasteiger partial charge in [0.1, 0.15) is 17.3 Å². The lowest BCUT2D eigenvalue weighted by Crippen LogP contribution is -2.23. The Kier molecular flexibility index (Phi) is 4.30. The summed E-state index contributed by atoms with van der Waals surface area (Å²) in [4.78, 5) is 0. The van der Waals surface area contributed by atoms with Crippen molar-refractivity contribution in [3.63, 3.8) is 0 Å². The van der Waals surface area contributed by atoms with Crippen LogP contribution in [-0.4, -0.2) is 13.2 Å². The highest BCUT2D eigenvalue weighted by Gasteiger charge is 2.24. The summed E-state index contributed by atoms with van der Waals surface area (Å²) < 4.78 is 11.9. The Morgan fingerprint density at radius 1 is 1.19 bits per heavy atom. The van der Waals surface area contributed by atoms with Gasteiger partial charge < -0.3 is 14.5 Å². The van der Waals surface area contributed by atoms with E-state index >= 15 is 0 Å². The Balaban J connectivity index is 2.01. The van der Waals surface area contributed by atoms with Crippen LogP contribution in [0, 0.1) is 0 Å². The first-order valence-electron chi connectivity index (χ1n) is 7.90. The van der Waals surface area contributed by atoms with Gasteiger partial charge in [0.15, 0.2) is 0 Å². The summed E-state index contributed by atoms with van der Waals surface area (Å²) in [6, 6.07) is 10.6. The van der Waals surface area contributed by atoms with Crippen molar-refractivity contribution in [3.8, 4) is 5.75 Å². The summed E-state index contributed by atoms with van der Waals surface area (Å²) in [5, 5.41) is 3.53. The van der Waals surface area contributed by atoms with Gasteiger partial charge in [0.25, 0.3) is 0 Å². The molecule has 3 rings (SSSR count). The SMILES string of the molecule is CCNC(c1ccc(CC)o1)c1cccc2c1OCCC2. The maximum atomic E-state index is 5.97. The van der Waals surface area contributed by atoms with Gasteiger partial charge in [-0.25, -0.2) is 0 Å². The lowest BCUT2D eigenvalue weighted by atomic mass is 9.96. The third-order valence-electron chi connectivity index (χ3n) is 4.00. The highest BCUT2D eigenvalue weighted by molar-refractivity contribution is 5.46. The second kappa shape index (κ2) is 6.35. The van der Waals surface area contributed by atoms with Gasteiger partial charge in [0, 0.05) is 12.0 Å². The molecule has 3 nitrogen and oxygen atoms in total. The fourth-order valence-electron chi connectivity index (χ4n) is 2.95. The van der Waals surface area contributed by atoms with Crippen LogP contribution >= 0.6 is 0 Å². The highest BCUT2D eigenvalue weighted by atomic mass is 16.5. The molecule has 0 amide bonds. The molecule has 1 unspecified atom stereocenters. The second-order valence-electron chi connectivity index (χ2n) is 5.44. The molecule has 1 N–H and O–H groups in total. The molecule has 2 aromatic rings. The number of hydrogen-bond acceptors (Lipinski definition) is 3. The molecule has 0 saturated heterocycles. The molecule has 1 aliphatic rings. The summed E-state index contributed by atoms with van der Waals surface area (Å²) in [5.74, 6) is 3.04. The largest absolute Gasteiger partial charge is 0.493 e. The zero-order chi connectivity index (χ0) is 14.7. The Hall–Kier alpha value is -1.74. The Labute approximate surface area is 126 Å². The third kappa shape index (κ3) is 2.84. The van der Waals surface area contributed by atoms with E-state index in [0.29, 0.717) is 0 Å². The molecular formula is C18H23NO2. The van der Waals surface area contributed by atoms with Crippen molar-refractivity contribution in [3.05, 3.63) is 53.0 Å². The van der Waals surface area contributed by atoms with Gasteiger partial charge in [-0.3, -0.25) is 0 Å². The van der Waals surface area contributed by atoms with Crippen molar-refractivity contribution >= 4 is 0 Å². The standard InChI is InChI=1S/C18H23NO2/c1-3-14-10-11-16(21-14)17(19-4-2)15-9-5-7-13-8-6-12-20-18(13)15/h5,7,9-11,17,19H,3-4,6,8,12H2,1-2H3. The van der Waals surface area contributed by atoms with Crippen LogP contribution in [0.1, 0.15) is 49.0 Å². The van der Waals surface area contributed by atoms with E-state index in [1.165, 1.54) is 11.1 Å². The molecule has 21 heavy (non-hydrogen) atoms. The lowest BCUT2D eigenvalue weighted by Gasteiger charge is -2.24. The summed E-state index contributed by atoms with van der Waals surface area (Å²) in [7, 11) is 0. The summed E-state index contributed by atoms with van der Waals surface area (Å²) in [6.45, 7) is 5.92. The maximum Gasteiger partial charge on any atom is 0.127 e. The first-order valence-corrected chi connectivity index (χ1v) is 7.90. The first kappa shape index (κ1) is 14.2. The average molecular weight is 285 g/mol. The van der Waals surface area contributed by atoms with Crippen LogP contribution in [0.4, 0.5) is 0 Å². The van der Waals surface area contributed by atoms with Crippen LogP contribution in [0.2, 0.25) is 0 Å². The maximum absolute atomic E-state index is 5.97. The van der Waals surface area contributed by atoms with E-state index in [1.54, 1.807) is 0 Å². The molecule has 0 aliphatic carbocycles. The van der Waals surface area contributed by atoms with Gasteiger partial charge in [0.2, 0.25) is 0 Å². The van der Waals surface area contributed by atoms with Crippen molar-refractivity contribution in [1.82, 2.24) is 5.32 Å². The fraction of sp³-hybridized carbons (Fsp3) is 0.444. The molecule has 0 radical (unpaired) electrons. The van der Waals surface area contributed by atoms with Gasteiger partial charge in [-0.05, 0) is 37.1 Å². The molecule has 3 heteroatoms. The predicted molar refractivity (Wildman–Crippen MR) is 83.9 cm³/mol. The fourth-order valence-corrected chi connectivity index (χ4v) is 2.95. The van der Waals surface area contributed by atoms with E-state index in [1.807, 2.05) is 0 Å². The molecule has 0 spiro atoms. The molecule has 2 heterocycles. The number of ether oxygens (including phenoxy) is 1. The van der Waals surface area contributed by atoms with Crippen molar-refractivity contribution in [1.29, 1.82) is 0 Å². The van der Waals surface area contributed by atoms with Crippen LogP contribution in [0.25, 0.3) is 0 Å². The van der Waals surface area contributed by atoms with E-state index in [4.69, 9.17) is 9.15 Å². The van der Waals surface area contributed by atoms with Crippen LogP contribution < -0.4 is 10.1 Å². The highest BCUT2D eigenvalue weighted by Crippen LogP contribution is 2.36. The normalized spacial score (nSPS) is 15.3. The van der Waals surface area contributed by atoms with Crippen molar-refractivity contribution in [2.75, 3.05) is 13.2 Å². The minimum absolute atomic E-state index is 0.0587. The second-order valence-corrected chi connectivity index (χ2v) is 5.44. The number of nitrogens with one attached hydrogen (secondary N) is 1. The van der Waals surface area contributed by atoms with E-state index in [2.05, 4.69) is 49.5 Å². The van der Waals surface area contributed by atoms with Crippen molar-refractivity contribution in [2.45, 2.75) is 39.2 Å². The van der Waals surface area contributed by atoms with Crippen LogP contribution in [-0.2, 0) is 12.8 Å². The van der Waals surface area contributed by atoms with Gasteiger partial charge in [-0.1, -0.05) is 32.0 Å². The Morgan fingerprint density at radius 2 is 2.10 bits per heavy atom. The molecule has 0 saturated carbocycles. The number of benzene rings is 1. The van der Waals surface area contributed by atoms with E-state index < -0.39 is 0 Å². The summed E-state index contributed by atoms with van der Waals surface area (Å²) >= 11 is 0. The topological polar surface area (TPSA) is 34.4 Å². The van der Waals surface area contributed by atoms with Crippen LogP contribution in [0.15, 0.2) is 34.7 Å². The smallest absolute Gasteiger partial charge is 0.127 e. The van der Waals surface area contributed by atoms with Crippen molar-refractivity contribution in [2.24, 2.45) is 0 Å². The minimum atomic E-state index is 0.0587. The van der Waals surface area contributed by atoms with Gasteiger partial charge in [0.05, 0.1) is 12.6 Å². The Bertz CT molecular complexity index is 603. The molecule has 0 fully saturated rings. The zero-order valence-corrected chi connectivity index (χ0v) is 12.8. The number of furan rings is 1. The molecule has 1 aromatic heterocycles. The molecule has 112 valence electrons. The average Bonchev–Trinajstić information content (AvgIpc) is 3.01. The number of fused-ring (bicyclic) bond motifs is 1. The monoisotopic (exact) mass is 285 g/mol. The van der Waals surface area contributed by atoms with Crippen LogP contribution in [0.3, 0.4) is 0 Å². The summed E-state index contributed by atoms with van der Waals surface area (Å²) in [6.07, 6.45) is 3.12. The molecule has 1 atom stereocenters. The van der Waals surface area contributed by atoms with E-state index in [-0.39, 0.29) is 6.04 Å². The van der Waals surface area contributed by atoms with Crippen LogP contribution in [0.5, 0.6) is 5.75 Å². The summed E-state index contributed by atoms with van der Waals surface area (Å²) in [5.41, 5.74) is 2.50. The van der Waals surface area contributed by atoms with Crippen molar-refractivity contribution < 1.29 is 9.15 Å². The molecule has 0 bridgehead atoms. The zero-order valence-electron chi connectivity index (χ0n) is 12.8. The number of hydrogen-bond donors (Lipinski definition) is 1. The minimum Gasteiger partial charge on any atom is -0.493 e. The van der Waals surface area contributed by atoms with Gasteiger partial charge in [-0.15, -0.1) is 0 Å². The van der Waals surface area contributed by atoms with Gasteiger partial charge >= 0.3 is 0 Å². The number of rotatable bonds is 5. The number of aryl methyl sites for hydroxylation is 2. The quantitative estimate of drug-likeness (QED) is 0.905. The lowest BCUT2D eigenvalue weighted by molar-refractivity contribution is 0.281. The van der Waals surface area contributed by atoms with E-state index in [9.17, 15) is 0 Å². The molecule has 1 aliphatic heterocycles. The van der Waals surface area contributed by atoms with Gasteiger partial charge in [-0.2, -0.15) is 0 Å². The molecule has 1 aromatic carbocycles.